The Morgan fingerprint density at radius 3 is 2.56 bits per heavy atom. The Kier molecular flexibility index (Phi) is 3.65. The van der Waals surface area contributed by atoms with E-state index in [2.05, 4.69) is 0 Å². The van der Waals surface area contributed by atoms with Crippen LogP contribution in [0.3, 0.4) is 0 Å². The van der Waals surface area contributed by atoms with Gasteiger partial charge in [-0.1, -0.05) is 6.07 Å². The summed E-state index contributed by atoms with van der Waals surface area (Å²) in [5, 5.41) is 0. The molecule has 0 saturated carbocycles. The van der Waals surface area contributed by atoms with Gasteiger partial charge in [0, 0.05) is 0 Å². The van der Waals surface area contributed by atoms with E-state index in [4.69, 9.17) is 10.5 Å². The fourth-order valence-corrected chi connectivity index (χ4v) is 2.15. The number of primary amides is 1. The van der Waals surface area contributed by atoms with Crippen molar-refractivity contribution in [3.63, 3.8) is 0 Å². The second-order valence-corrected chi connectivity index (χ2v) is 4.64. The lowest BCUT2D eigenvalue weighted by Gasteiger charge is -2.16. The van der Waals surface area contributed by atoms with E-state index in [1.54, 1.807) is 6.07 Å². The van der Waals surface area contributed by atoms with Gasteiger partial charge >= 0.3 is 5.97 Å². The molecule has 0 saturated heterocycles. The Morgan fingerprint density at radius 1 is 1.22 bits per heavy atom. The molecule has 18 heavy (non-hydrogen) atoms. The molecule has 1 aliphatic rings. The first-order valence-electron chi connectivity index (χ1n) is 6.20. The van der Waals surface area contributed by atoms with Crippen LogP contribution in [-0.2, 0) is 22.4 Å². The van der Waals surface area contributed by atoms with Crippen LogP contribution in [0.15, 0.2) is 18.2 Å². The molecule has 0 aliphatic heterocycles. The zero-order valence-electron chi connectivity index (χ0n) is 10.4. The van der Waals surface area contributed by atoms with Gasteiger partial charge in [-0.05, 0) is 55.9 Å². The molecule has 2 N–H and O–H groups in total. The van der Waals surface area contributed by atoms with Crippen molar-refractivity contribution in [2.45, 2.75) is 38.7 Å². The second-order valence-electron chi connectivity index (χ2n) is 4.64. The molecule has 1 amide bonds. The van der Waals surface area contributed by atoms with Crippen LogP contribution in [0.4, 0.5) is 0 Å². The van der Waals surface area contributed by atoms with Crippen LogP contribution < -0.4 is 5.73 Å². The van der Waals surface area contributed by atoms with E-state index in [-0.39, 0.29) is 0 Å². The maximum absolute atomic E-state index is 11.8. The summed E-state index contributed by atoms with van der Waals surface area (Å²) in [7, 11) is 0. The quantitative estimate of drug-likeness (QED) is 0.825. The molecule has 0 fully saturated rings. The number of fused-ring (bicyclic) bond motifs is 1. The molecular weight excluding hydrogens is 230 g/mol. The van der Waals surface area contributed by atoms with Crippen molar-refractivity contribution >= 4 is 11.9 Å². The maximum Gasteiger partial charge on any atom is 0.338 e. The Hall–Kier alpha value is -1.84. The van der Waals surface area contributed by atoms with Crippen LogP contribution >= 0.6 is 0 Å². The minimum absolute atomic E-state index is 0.490. The lowest BCUT2D eigenvalue weighted by Crippen LogP contribution is -2.30. The van der Waals surface area contributed by atoms with E-state index in [0.717, 1.165) is 19.3 Å². The Balaban J connectivity index is 2.13. The molecule has 0 unspecified atom stereocenters. The van der Waals surface area contributed by atoms with E-state index < -0.39 is 18.0 Å². The van der Waals surface area contributed by atoms with Crippen LogP contribution in [0, 0.1) is 0 Å². The molecule has 96 valence electrons. The Morgan fingerprint density at radius 2 is 1.89 bits per heavy atom. The first-order valence-corrected chi connectivity index (χ1v) is 6.20. The van der Waals surface area contributed by atoms with Gasteiger partial charge in [0.25, 0.3) is 5.91 Å². The van der Waals surface area contributed by atoms with Gasteiger partial charge in [-0.15, -0.1) is 0 Å². The Bertz CT molecular complexity index is 482. The summed E-state index contributed by atoms with van der Waals surface area (Å²) < 4.78 is 4.98. The van der Waals surface area contributed by atoms with Crippen LogP contribution in [0.2, 0.25) is 0 Å². The highest BCUT2D eigenvalue weighted by Crippen LogP contribution is 2.22. The third kappa shape index (κ3) is 2.70. The molecule has 1 aromatic rings. The predicted octanol–water partition coefficient (Wildman–Crippen LogP) is 1.60. The number of aryl methyl sites for hydroxylation is 2. The molecule has 1 aromatic carbocycles. The van der Waals surface area contributed by atoms with E-state index in [1.807, 2.05) is 12.1 Å². The van der Waals surface area contributed by atoms with Gasteiger partial charge in [-0.25, -0.2) is 4.79 Å². The van der Waals surface area contributed by atoms with Crippen molar-refractivity contribution in [2.24, 2.45) is 5.73 Å². The summed E-state index contributed by atoms with van der Waals surface area (Å²) >= 11 is 0. The third-order valence-electron chi connectivity index (χ3n) is 3.27. The number of benzene rings is 1. The number of nitrogens with two attached hydrogens (primary N) is 1. The van der Waals surface area contributed by atoms with Crippen molar-refractivity contribution in [1.29, 1.82) is 0 Å². The standard InChI is InChI=1S/C14H17NO3/c1-9(13(15)16)18-14(17)12-7-6-10-4-2-3-5-11(10)8-12/h6-9H,2-5H2,1H3,(H2,15,16)/t9-/m1/s1. The number of carbonyl (C=O) groups is 2. The molecule has 0 radical (unpaired) electrons. The topological polar surface area (TPSA) is 69.4 Å². The predicted molar refractivity (Wildman–Crippen MR) is 67.2 cm³/mol. The van der Waals surface area contributed by atoms with Crippen molar-refractivity contribution in [1.82, 2.24) is 0 Å². The second kappa shape index (κ2) is 5.21. The zero-order chi connectivity index (χ0) is 13.1. The smallest absolute Gasteiger partial charge is 0.338 e. The monoisotopic (exact) mass is 247 g/mol. The van der Waals surface area contributed by atoms with Crippen LogP contribution in [-0.4, -0.2) is 18.0 Å². The number of hydrogen-bond acceptors (Lipinski definition) is 3. The first kappa shape index (κ1) is 12.6. The number of esters is 1. The molecule has 0 bridgehead atoms. The molecule has 0 spiro atoms. The highest BCUT2D eigenvalue weighted by atomic mass is 16.5. The average molecular weight is 247 g/mol. The van der Waals surface area contributed by atoms with E-state index in [1.165, 1.54) is 24.5 Å². The molecule has 4 heteroatoms. The summed E-state index contributed by atoms with van der Waals surface area (Å²) in [6.07, 6.45) is 3.54. The van der Waals surface area contributed by atoms with Crippen molar-refractivity contribution in [3.8, 4) is 0 Å². The minimum Gasteiger partial charge on any atom is -0.449 e. The molecular formula is C14H17NO3. The highest BCUT2D eigenvalue weighted by Gasteiger charge is 2.18. The van der Waals surface area contributed by atoms with Gasteiger partial charge in [0.1, 0.15) is 0 Å². The van der Waals surface area contributed by atoms with Crippen LogP contribution in [0.5, 0.6) is 0 Å². The summed E-state index contributed by atoms with van der Waals surface area (Å²) in [5.41, 5.74) is 8.06. The lowest BCUT2D eigenvalue weighted by molar-refractivity contribution is -0.125. The molecule has 0 aromatic heterocycles. The number of rotatable bonds is 3. The van der Waals surface area contributed by atoms with Crippen molar-refractivity contribution < 1.29 is 14.3 Å². The van der Waals surface area contributed by atoms with Crippen molar-refractivity contribution in [3.05, 3.63) is 34.9 Å². The van der Waals surface area contributed by atoms with Crippen LogP contribution in [0.1, 0.15) is 41.3 Å². The number of hydrogen-bond donors (Lipinski definition) is 1. The molecule has 2 rings (SSSR count). The lowest BCUT2D eigenvalue weighted by atomic mass is 9.90. The average Bonchev–Trinajstić information content (AvgIpc) is 2.37. The van der Waals surface area contributed by atoms with Crippen LogP contribution in [0.25, 0.3) is 0 Å². The summed E-state index contributed by atoms with van der Waals surface area (Å²) in [5.74, 6) is -1.13. The summed E-state index contributed by atoms with van der Waals surface area (Å²) in [4.78, 5) is 22.7. The molecule has 1 aliphatic carbocycles. The zero-order valence-corrected chi connectivity index (χ0v) is 10.4. The van der Waals surface area contributed by atoms with Gasteiger partial charge < -0.3 is 10.5 Å². The van der Waals surface area contributed by atoms with Gasteiger partial charge in [0.2, 0.25) is 0 Å². The highest BCUT2D eigenvalue weighted by molar-refractivity contribution is 5.92. The first-order chi connectivity index (χ1) is 8.58. The summed E-state index contributed by atoms with van der Waals surface area (Å²) in [6, 6.07) is 5.59. The van der Waals surface area contributed by atoms with E-state index in [9.17, 15) is 9.59 Å². The van der Waals surface area contributed by atoms with Gasteiger partial charge in [-0.3, -0.25) is 4.79 Å². The van der Waals surface area contributed by atoms with Gasteiger partial charge in [-0.2, -0.15) is 0 Å². The molecule has 4 nitrogen and oxygen atoms in total. The number of carbonyl (C=O) groups excluding carboxylic acids is 2. The maximum atomic E-state index is 11.8. The van der Waals surface area contributed by atoms with Crippen molar-refractivity contribution in [2.75, 3.05) is 0 Å². The largest absolute Gasteiger partial charge is 0.449 e. The fourth-order valence-electron chi connectivity index (χ4n) is 2.15. The van der Waals surface area contributed by atoms with Gasteiger partial charge in [0.05, 0.1) is 5.56 Å². The minimum atomic E-state index is -0.895. The third-order valence-corrected chi connectivity index (χ3v) is 3.27. The fraction of sp³-hybridized carbons (Fsp3) is 0.429. The SMILES string of the molecule is C[C@@H](OC(=O)c1ccc2c(c1)CCCC2)C(N)=O. The number of amides is 1. The summed E-state index contributed by atoms with van der Waals surface area (Å²) in [6.45, 7) is 1.47. The Labute approximate surface area is 106 Å². The normalized spacial score (nSPS) is 15.6. The van der Waals surface area contributed by atoms with Gasteiger partial charge in [0.15, 0.2) is 6.10 Å². The molecule has 1 atom stereocenters. The van der Waals surface area contributed by atoms with E-state index in [0.29, 0.717) is 5.56 Å². The molecule has 0 heterocycles. The van der Waals surface area contributed by atoms with E-state index >= 15 is 0 Å². The number of ether oxygens (including phenoxy) is 1.